The topological polar surface area (TPSA) is 40.5 Å². The lowest BCUT2D eigenvalue weighted by atomic mass is 10.3. The molecule has 0 saturated heterocycles. The summed E-state index contributed by atoms with van der Waals surface area (Å²) >= 11 is 7.97. The van der Waals surface area contributed by atoms with Gasteiger partial charge in [-0.05, 0) is 36.4 Å². The van der Waals surface area contributed by atoms with Crippen LogP contribution in [0.1, 0.15) is 0 Å². The summed E-state index contributed by atoms with van der Waals surface area (Å²) in [5, 5.41) is 17.6. The molecule has 0 amide bonds. The Morgan fingerprint density at radius 2 is 1.31 bits per heavy atom. The van der Waals surface area contributed by atoms with Crippen molar-refractivity contribution in [2.75, 3.05) is 0 Å². The van der Waals surface area contributed by atoms with Crippen molar-refractivity contribution in [3.63, 3.8) is 0 Å². The van der Waals surface area contributed by atoms with Gasteiger partial charge in [-0.3, -0.25) is 0 Å². The molecule has 0 atom stereocenters. The number of benzene rings is 2. The molecule has 0 heterocycles. The van der Waals surface area contributed by atoms with Crippen LogP contribution < -0.4 is 0 Å². The first-order valence-electron chi connectivity index (χ1n) is 4.54. The number of thiol groups is 2. The first-order valence-corrected chi connectivity index (χ1v) is 5.44. The lowest BCUT2D eigenvalue weighted by Crippen LogP contribution is -1.64. The van der Waals surface area contributed by atoms with Crippen molar-refractivity contribution in [2.45, 2.75) is 9.79 Å². The van der Waals surface area contributed by atoms with E-state index in [0.29, 0.717) is 4.90 Å². The van der Waals surface area contributed by atoms with Crippen LogP contribution in [0.5, 0.6) is 11.5 Å². The van der Waals surface area contributed by atoms with Gasteiger partial charge >= 0.3 is 0 Å². The van der Waals surface area contributed by atoms with E-state index in [4.69, 9.17) is 10.2 Å². The van der Waals surface area contributed by atoms with E-state index in [2.05, 4.69) is 25.3 Å². The summed E-state index contributed by atoms with van der Waals surface area (Å²) in [5.41, 5.74) is 0. The number of rotatable bonds is 0. The molecular weight excluding hydrogens is 240 g/mol. The molecule has 0 saturated carbocycles. The third-order valence-corrected chi connectivity index (χ3v) is 2.41. The molecule has 0 unspecified atom stereocenters. The predicted molar refractivity (Wildman–Crippen MR) is 70.7 cm³/mol. The quantitative estimate of drug-likeness (QED) is 0.543. The molecule has 0 spiro atoms. The smallest absolute Gasteiger partial charge is 0.128 e. The summed E-state index contributed by atoms with van der Waals surface area (Å²) in [6, 6.07) is 13.6. The molecule has 2 nitrogen and oxygen atoms in total. The Bertz CT molecular complexity index is 399. The van der Waals surface area contributed by atoms with Crippen LogP contribution in [-0.4, -0.2) is 10.2 Å². The van der Waals surface area contributed by atoms with Crippen molar-refractivity contribution in [1.29, 1.82) is 0 Å². The third kappa shape index (κ3) is 4.51. The Kier molecular flexibility index (Phi) is 5.08. The average Bonchev–Trinajstić information content (AvgIpc) is 2.28. The second-order valence-corrected chi connectivity index (χ2v) is 4.00. The van der Waals surface area contributed by atoms with E-state index < -0.39 is 0 Å². The summed E-state index contributed by atoms with van der Waals surface area (Å²) in [7, 11) is 0. The molecule has 0 aliphatic heterocycles. The van der Waals surface area contributed by atoms with Crippen LogP contribution in [0, 0.1) is 0 Å². The van der Waals surface area contributed by atoms with Crippen molar-refractivity contribution < 1.29 is 10.2 Å². The maximum absolute atomic E-state index is 8.84. The molecule has 0 aromatic heterocycles. The lowest BCUT2D eigenvalue weighted by Gasteiger charge is -1.91. The Balaban J connectivity index is 0.000000160. The van der Waals surface area contributed by atoms with Gasteiger partial charge in [0.05, 0.1) is 0 Å². The molecule has 4 heteroatoms. The average molecular weight is 252 g/mol. The summed E-state index contributed by atoms with van der Waals surface area (Å²) in [6.07, 6.45) is 0. The van der Waals surface area contributed by atoms with Crippen LogP contribution in [0.2, 0.25) is 0 Å². The zero-order valence-corrected chi connectivity index (χ0v) is 10.2. The summed E-state index contributed by atoms with van der Waals surface area (Å²) in [6.45, 7) is 0. The zero-order chi connectivity index (χ0) is 12.0. The number of hydrogen-bond acceptors (Lipinski definition) is 4. The van der Waals surface area contributed by atoms with Crippen LogP contribution in [0.3, 0.4) is 0 Å². The van der Waals surface area contributed by atoms with Crippen molar-refractivity contribution >= 4 is 25.3 Å². The predicted octanol–water partition coefficient (Wildman–Crippen LogP) is 3.36. The van der Waals surface area contributed by atoms with Gasteiger partial charge in [-0.25, -0.2) is 0 Å². The SMILES string of the molecule is Oc1ccc(S)cc1.Oc1ccccc1S. The van der Waals surface area contributed by atoms with E-state index in [1.54, 1.807) is 42.5 Å². The van der Waals surface area contributed by atoms with E-state index in [1.807, 2.05) is 6.07 Å². The number of para-hydroxylation sites is 1. The Morgan fingerprint density at radius 3 is 1.69 bits per heavy atom. The monoisotopic (exact) mass is 252 g/mol. The number of aromatic hydroxyl groups is 2. The largest absolute Gasteiger partial charge is 0.508 e. The van der Waals surface area contributed by atoms with Crippen LogP contribution in [-0.2, 0) is 0 Å². The minimum absolute atomic E-state index is 0.232. The summed E-state index contributed by atoms with van der Waals surface area (Å²) < 4.78 is 0. The van der Waals surface area contributed by atoms with E-state index in [0.717, 1.165) is 4.90 Å². The van der Waals surface area contributed by atoms with Gasteiger partial charge in [-0.2, -0.15) is 0 Å². The van der Waals surface area contributed by atoms with E-state index in [1.165, 1.54) is 0 Å². The molecule has 16 heavy (non-hydrogen) atoms. The molecule has 2 aromatic rings. The first-order chi connectivity index (χ1) is 7.59. The van der Waals surface area contributed by atoms with Gasteiger partial charge in [0.25, 0.3) is 0 Å². The fourth-order valence-electron chi connectivity index (χ4n) is 0.917. The van der Waals surface area contributed by atoms with Gasteiger partial charge in [0.2, 0.25) is 0 Å². The van der Waals surface area contributed by atoms with Gasteiger partial charge in [0.15, 0.2) is 0 Å². The number of phenols is 2. The van der Waals surface area contributed by atoms with Crippen LogP contribution in [0.4, 0.5) is 0 Å². The van der Waals surface area contributed by atoms with Crippen molar-refractivity contribution in [3.8, 4) is 11.5 Å². The van der Waals surface area contributed by atoms with Crippen LogP contribution in [0.15, 0.2) is 58.3 Å². The fraction of sp³-hybridized carbons (Fsp3) is 0. The van der Waals surface area contributed by atoms with Crippen molar-refractivity contribution in [3.05, 3.63) is 48.5 Å². The van der Waals surface area contributed by atoms with E-state index in [-0.39, 0.29) is 11.5 Å². The first kappa shape index (κ1) is 12.8. The minimum Gasteiger partial charge on any atom is -0.508 e. The van der Waals surface area contributed by atoms with Crippen LogP contribution >= 0.6 is 25.3 Å². The highest BCUT2D eigenvalue weighted by Crippen LogP contribution is 2.18. The maximum Gasteiger partial charge on any atom is 0.128 e. The maximum atomic E-state index is 8.84. The molecule has 0 aliphatic carbocycles. The third-order valence-electron chi connectivity index (χ3n) is 1.73. The normalized spacial score (nSPS) is 9.12. The Morgan fingerprint density at radius 1 is 0.750 bits per heavy atom. The van der Waals surface area contributed by atoms with Gasteiger partial charge in [-0.1, -0.05) is 12.1 Å². The van der Waals surface area contributed by atoms with Gasteiger partial charge in [0, 0.05) is 9.79 Å². The highest BCUT2D eigenvalue weighted by Gasteiger charge is 1.88. The second kappa shape index (κ2) is 6.35. The molecule has 84 valence electrons. The molecule has 2 aromatic carbocycles. The Labute approximate surface area is 105 Å². The molecular formula is C12H12O2S2. The van der Waals surface area contributed by atoms with Gasteiger partial charge in [-0.15, -0.1) is 25.3 Å². The molecule has 0 bridgehead atoms. The minimum atomic E-state index is 0.232. The fourth-order valence-corrected chi connectivity index (χ4v) is 1.23. The molecule has 0 radical (unpaired) electrons. The summed E-state index contributed by atoms with van der Waals surface area (Å²) in [5.74, 6) is 0.513. The van der Waals surface area contributed by atoms with Crippen molar-refractivity contribution in [2.24, 2.45) is 0 Å². The van der Waals surface area contributed by atoms with E-state index >= 15 is 0 Å². The highest BCUT2D eigenvalue weighted by molar-refractivity contribution is 7.80. The Hall–Kier alpha value is -1.26. The van der Waals surface area contributed by atoms with Gasteiger partial charge < -0.3 is 10.2 Å². The van der Waals surface area contributed by atoms with Crippen LogP contribution in [0.25, 0.3) is 0 Å². The molecule has 2 rings (SSSR count). The number of phenolic OH excluding ortho intramolecular Hbond substituents is 2. The zero-order valence-electron chi connectivity index (χ0n) is 8.41. The van der Waals surface area contributed by atoms with Crippen molar-refractivity contribution in [1.82, 2.24) is 0 Å². The second-order valence-electron chi connectivity index (χ2n) is 3.01. The lowest BCUT2D eigenvalue weighted by molar-refractivity contribution is 0.462. The summed E-state index contributed by atoms with van der Waals surface area (Å²) in [4.78, 5) is 1.48. The van der Waals surface area contributed by atoms with Gasteiger partial charge in [0.1, 0.15) is 11.5 Å². The molecule has 0 aliphatic rings. The molecule has 0 fully saturated rings. The molecule has 2 N–H and O–H groups in total. The standard InChI is InChI=1S/2C6H6OS/c7-5-1-3-6(8)4-2-5;7-5-3-1-2-4-6(5)8/h2*1-4,7-8H. The van der Waals surface area contributed by atoms with E-state index in [9.17, 15) is 0 Å². The highest BCUT2D eigenvalue weighted by atomic mass is 32.1. The number of hydrogen-bond donors (Lipinski definition) is 4.